The number of halogens is 7. The van der Waals surface area contributed by atoms with Crippen LogP contribution in [0, 0.1) is 12.7 Å². The molecule has 244 valence electrons. The Balaban J connectivity index is 1.47. The van der Waals surface area contributed by atoms with Crippen molar-refractivity contribution in [3.05, 3.63) is 34.1 Å². The summed E-state index contributed by atoms with van der Waals surface area (Å²) in [6, 6.07) is 2.02. The third-order valence-corrected chi connectivity index (χ3v) is 10.4. The molecule has 4 N–H and O–H groups in total. The van der Waals surface area contributed by atoms with Crippen LogP contribution in [0.25, 0.3) is 22.2 Å². The SMILES string of the molecule is Cc1cc(N)nc(-c2c(Cl)cc3c(N(C)CC4CC(O)C(I)N4)nc(OC[C@@]45CCCN4C[C@H](F)C5)nc3c2F)c1C(F)(F)F. The first-order valence-corrected chi connectivity index (χ1v) is 16.1. The lowest BCUT2D eigenvalue weighted by molar-refractivity contribution is -0.137. The first-order chi connectivity index (χ1) is 21.2. The summed E-state index contributed by atoms with van der Waals surface area (Å²) in [5, 5.41) is 13.3. The highest BCUT2D eigenvalue weighted by atomic mass is 127. The molecular formula is C29H32ClF5IN7O2. The van der Waals surface area contributed by atoms with Gasteiger partial charge in [0, 0.05) is 38.0 Å². The largest absolute Gasteiger partial charge is 0.461 e. The van der Waals surface area contributed by atoms with Crippen LogP contribution in [-0.4, -0.2) is 86.2 Å². The summed E-state index contributed by atoms with van der Waals surface area (Å²) in [5.41, 5.74) is 2.18. The molecule has 5 atom stereocenters. The Morgan fingerprint density at radius 3 is 2.73 bits per heavy atom. The van der Waals surface area contributed by atoms with E-state index in [4.69, 9.17) is 22.1 Å². The number of nitrogen functional groups attached to an aromatic ring is 1. The van der Waals surface area contributed by atoms with E-state index in [9.17, 15) is 22.7 Å². The maximum Gasteiger partial charge on any atom is 0.418 e. The lowest BCUT2D eigenvalue weighted by Gasteiger charge is -2.31. The van der Waals surface area contributed by atoms with E-state index < -0.39 is 46.6 Å². The van der Waals surface area contributed by atoms with Crippen molar-refractivity contribution in [2.24, 2.45) is 0 Å². The van der Waals surface area contributed by atoms with Gasteiger partial charge in [-0.3, -0.25) is 10.2 Å². The van der Waals surface area contributed by atoms with Crippen LogP contribution in [0.1, 0.15) is 36.8 Å². The second-order valence-corrected chi connectivity index (χ2v) is 13.9. The smallest absolute Gasteiger partial charge is 0.418 e. The van der Waals surface area contributed by atoms with Gasteiger partial charge in [-0.2, -0.15) is 23.1 Å². The molecule has 0 saturated carbocycles. The van der Waals surface area contributed by atoms with Crippen molar-refractivity contribution in [3.8, 4) is 17.3 Å². The zero-order valence-electron chi connectivity index (χ0n) is 24.4. The zero-order chi connectivity index (χ0) is 32.4. The Morgan fingerprint density at radius 2 is 2.04 bits per heavy atom. The van der Waals surface area contributed by atoms with Gasteiger partial charge in [-0.25, -0.2) is 13.8 Å². The average Bonchev–Trinajstić information content (AvgIpc) is 3.56. The molecule has 3 aliphatic heterocycles. The Kier molecular flexibility index (Phi) is 8.71. The molecule has 0 aliphatic carbocycles. The minimum atomic E-state index is -4.88. The van der Waals surface area contributed by atoms with E-state index in [0.29, 0.717) is 19.5 Å². The Labute approximate surface area is 274 Å². The van der Waals surface area contributed by atoms with E-state index in [-0.39, 0.29) is 62.3 Å². The Bertz CT molecular complexity index is 1620. The van der Waals surface area contributed by atoms with Gasteiger partial charge in [-0.15, -0.1) is 0 Å². The van der Waals surface area contributed by atoms with Crippen molar-refractivity contribution < 1.29 is 31.8 Å². The number of nitrogens with two attached hydrogens (primary N) is 1. The monoisotopic (exact) mass is 767 g/mol. The minimum Gasteiger partial charge on any atom is -0.461 e. The molecule has 0 radical (unpaired) electrons. The van der Waals surface area contributed by atoms with Crippen LogP contribution in [-0.2, 0) is 6.18 Å². The highest BCUT2D eigenvalue weighted by molar-refractivity contribution is 14.1. The number of alkyl halides is 5. The second-order valence-electron chi connectivity index (χ2n) is 12.2. The number of likely N-dealkylation sites (N-methyl/N-ethyl adjacent to an activating group) is 1. The number of ether oxygens (including phenoxy) is 1. The maximum absolute atomic E-state index is 16.6. The van der Waals surface area contributed by atoms with Crippen molar-refractivity contribution in [2.45, 2.75) is 66.7 Å². The van der Waals surface area contributed by atoms with Crippen LogP contribution < -0.4 is 20.7 Å². The number of aliphatic hydroxyl groups is 1. The van der Waals surface area contributed by atoms with Gasteiger partial charge in [0.15, 0.2) is 5.82 Å². The number of aliphatic hydroxyl groups excluding tert-OH is 1. The number of fused-ring (bicyclic) bond motifs is 2. The molecule has 0 bridgehead atoms. The molecule has 9 nitrogen and oxygen atoms in total. The van der Waals surface area contributed by atoms with Crippen LogP contribution >= 0.6 is 34.2 Å². The lowest BCUT2D eigenvalue weighted by Crippen LogP contribution is -2.43. The fourth-order valence-corrected chi connectivity index (χ4v) is 8.06. The van der Waals surface area contributed by atoms with Gasteiger partial charge in [0.05, 0.1) is 37.5 Å². The van der Waals surface area contributed by atoms with Gasteiger partial charge in [-0.1, -0.05) is 34.2 Å². The summed E-state index contributed by atoms with van der Waals surface area (Å²) >= 11 is 8.64. The van der Waals surface area contributed by atoms with Gasteiger partial charge in [0.25, 0.3) is 0 Å². The number of nitrogens with zero attached hydrogens (tertiary/aromatic N) is 5. The van der Waals surface area contributed by atoms with Crippen molar-refractivity contribution >= 4 is 56.7 Å². The first-order valence-electron chi connectivity index (χ1n) is 14.5. The number of hydrogen-bond donors (Lipinski definition) is 3. The number of anilines is 2. The minimum absolute atomic E-state index is 0.0607. The van der Waals surface area contributed by atoms with Crippen LogP contribution in [0.4, 0.5) is 33.6 Å². The standard InChI is InChI=1S/C29H32ClF5IN7O2/c1-13-6-19(37)39-24(21(13)29(33,34)35)20-17(30)8-16-23(22(20)32)40-27(45-12-28-4-3-5-43(28)10-14(31)9-28)41-26(16)42(2)11-15-7-18(44)25(36)38-15/h6,8,14-15,18,25,38,44H,3-5,7,9-12H2,1-2H3,(H2,37,39)/t14-,15?,18?,25?,28+/m1/s1. The highest BCUT2D eigenvalue weighted by Gasteiger charge is 2.49. The van der Waals surface area contributed by atoms with Crippen molar-refractivity contribution in [3.63, 3.8) is 0 Å². The van der Waals surface area contributed by atoms with Crippen molar-refractivity contribution in [1.29, 1.82) is 0 Å². The van der Waals surface area contributed by atoms with E-state index in [0.717, 1.165) is 25.5 Å². The fraction of sp³-hybridized carbons (Fsp3) is 0.552. The summed E-state index contributed by atoms with van der Waals surface area (Å²) < 4.78 is 79.5. The van der Waals surface area contributed by atoms with Gasteiger partial charge in [0.1, 0.15) is 29.9 Å². The molecule has 16 heteroatoms. The lowest BCUT2D eigenvalue weighted by atomic mass is 9.95. The Hall–Kier alpha value is -2.34. The molecule has 1 aromatic carbocycles. The highest BCUT2D eigenvalue weighted by Crippen LogP contribution is 2.45. The van der Waals surface area contributed by atoms with Crippen LogP contribution in [0.5, 0.6) is 6.01 Å². The molecule has 0 spiro atoms. The van der Waals surface area contributed by atoms with Crippen LogP contribution in [0.15, 0.2) is 12.1 Å². The molecule has 5 heterocycles. The van der Waals surface area contributed by atoms with Gasteiger partial charge >= 0.3 is 12.2 Å². The third kappa shape index (κ3) is 6.10. The van der Waals surface area contributed by atoms with Crippen molar-refractivity contribution in [1.82, 2.24) is 25.2 Å². The number of aromatic nitrogens is 3. The first kappa shape index (κ1) is 32.6. The predicted octanol–water partition coefficient (Wildman–Crippen LogP) is 5.27. The normalized spacial score (nSPS) is 27.0. The summed E-state index contributed by atoms with van der Waals surface area (Å²) in [4.78, 5) is 16.6. The maximum atomic E-state index is 16.6. The number of aryl methyl sites for hydroxylation is 1. The fourth-order valence-electron chi connectivity index (χ4n) is 6.98. The molecule has 3 unspecified atom stereocenters. The van der Waals surface area contributed by atoms with Gasteiger partial charge in [-0.05, 0) is 50.4 Å². The van der Waals surface area contributed by atoms with E-state index in [1.54, 1.807) is 11.9 Å². The number of rotatable bonds is 7. The molecule has 3 fully saturated rings. The molecule has 45 heavy (non-hydrogen) atoms. The molecule has 3 aromatic rings. The van der Waals surface area contributed by atoms with Crippen LogP contribution in [0.2, 0.25) is 5.02 Å². The molecule has 2 aromatic heterocycles. The van der Waals surface area contributed by atoms with Crippen molar-refractivity contribution in [2.75, 3.05) is 43.9 Å². The molecule has 0 amide bonds. The van der Waals surface area contributed by atoms with E-state index in [1.807, 2.05) is 4.90 Å². The van der Waals surface area contributed by atoms with E-state index in [1.165, 1.54) is 13.0 Å². The molecule has 3 saturated heterocycles. The summed E-state index contributed by atoms with van der Waals surface area (Å²) in [6.07, 6.45) is -4.09. The zero-order valence-corrected chi connectivity index (χ0v) is 27.3. The topological polar surface area (TPSA) is 113 Å². The summed E-state index contributed by atoms with van der Waals surface area (Å²) in [5.74, 6) is -1.16. The van der Waals surface area contributed by atoms with Gasteiger partial charge < -0.3 is 20.5 Å². The number of nitrogens with one attached hydrogen (secondary N) is 1. The average molecular weight is 768 g/mol. The van der Waals surface area contributed by atoms with E-state index >= 15 is 4.39 Å². The number of pyridine rings is 1. The third-order valence-electron chi connectivity index (χ3n) is 8.94. The molecular weight excluding hydrogens is 736 g/mol. The summed E-state index contributed by atoms with van der Waals surface area (Å²) in [6.45, 7) is 2.66. The second kappa shape index (κ2) is 12.0. The van der Waals surface area contributed by atoms with E-state index in [2.05, 4.69) is 42.9 Å². The quantitative estimate of drug-likeness (QED) is 0.128. The molecule has 3 aliphatic rings. The van der Waals surface area contributed by atoms with Gasteiger partial charge in [0.2, 0.25) is 0 Å². The Morgan fingerprint density at radius 1 is 1.29 bits per heavy atom. The number of benzene rings is 1. The number of hydrogen-bond acceptors (Lipinski definition) is 9. The predicted molar refractivity (Wildman–Crippen MR) is 169 cm³/mol. The van der Waals surface area contributed by atoms with Crippen LogP contribution in [0.3, 0.4) is 0 Å². The molecule has 6 rings (SSSR count). The summed E-state index contributed by atoms with van der Waals surface area (Å²) in [7, 11) is 1.71.